The third kappa shape index (κ3) is 4.52. The summed E-state index contributed by atoms with van der Waals surface area (Å²) < 4.78 is 10.2. The molecule has 0 unspecified atom stereocenters. The lowest BCUT2D eigenvalue weighted by molar-refractivity contribution is -0.384. The Balaban J connectivity index is 1.78. The number of nitro benzene ring substituents is 1. The Bertz CT molecular complexity index is 568. The zero-order valence-corrected chi connectivity index (χ0v) is 11.8. The number of ether oxygens (including phenoxy) is 2. The predicted molar refractivity (Wildman–Crippen MR) is 75.4 cm³/mol. The maximum atomic E-state index is 11.7. The molecule has 0 spiro atoms. The minimum absolute atomic E-state index is 0.0106. The maximum Gasteiger partial charge on any atom is 0.338 e. The molecule has 0 radical (unpaired) electrons. The molecule has 0 bridgehead atoms. The normalized spacial score (nSPS) is 17.0. The topological polar surface area (TPSA) is 108 Å². The van der Waals surface area contributed by atoms with Crippen LogP contribution in [0.1, 0.15) is 23.2 Å². The molecule has 1 atom stereocenters. The van der Waals surface area contributed by atoms with E-state index < -0.39 is 23.4 Å². The third-order valence-corrected chi connectivity index (χ3v) is 3.18. The van der Waals surface area contributed by atoms with E-state index in [9.17, 15) is 19.7 Å². The first-order valence-electron chi connectivity index (χ1n) is 6.86. The zero-order valence-electron chi connectivity index (χ0n) is 11.8. The molecule has 118 valence electrons. The second-order valence-electron chi connectivity index (χ2n) is 4.82. The van der Waals surface area contributed by atoms with Crippen LogP contribution in [0.3, 0.4) is 0 Å². The van der Waals surface area contributed by atoms with E-state index in [2.05, 4.69) is 5.32 Å². The van der Waals surface area contributed by atoms with Gasteiger partial charge in [0.1, 0.15) is 0 Å². The average Bonchev–Trinajstić information content (AvgIpc) is 3.04. The van der Waals surface area contributed by atoms with Gasteiger partial charge in [-0.25, -0.2) is 4.79 Å². The van der Waals surface area contributed by atoms with Crippen LogP contribution < -0.4 is 5.32 Å². The van der Waals surface area contributed by atoms with Gasteiger partial charge >= 0.3 is 5.97 Å². The van der Waals surface area contributed by atoms with Crippen LogP contribution in [-0.2, 0) is 14.3 Å². The van der Waals surface area contributed by atoms with Crippen molar-refractivity contribution in [2.75, 3.05) is 19.8 Å². The van der Waals surface area contributed by atoms with Gasteiger partial charge in [0.25, 0.3) is 11.6 Å². The summed E-state index contributed by atoms with van der Waals surface area (Å²) in [7, 11) is 0. The first-order valence-corrected chi connectivity index (χ1v) is 6.86. The van der Waals surface area contributed by atoms with Crippen LogP contribution in [0.5, 0.6) is 0 Å². The van der Waals surface area contributed by atoms with E-state index in [-0.39, 0.29) is 17.4 Å². The second kappa shape index (κ2) is 7.51. The van der Waals surface area contributed by atoms with Crippen LogP contribution in [0.15, 0.2) is 24.3 Å². The zero-order chi connectivity index (χ0) is 15.9. The third-order valence-electron chi connectivity index (χ3n) is 3.18. The van der Waals surface area contributed by atoms with Crippen LogP contribution in [0.25, 0.3) is 0 Å². The lowest BCUT2D eigenvalue weighted by Crippen LogP contribution is -2.34. The number of esters is 1. The number of amides is 1. The average molecular weight is 308 g/mol. The number of rotatable bonds is 6. The lowest BCUT2D eigenvalue weighted by atomic mass is 10.2. The van der Waals surface area contributed by atoms with Crippen molar-refractivity contribution in [1.29, 1.82) is 0 Å². The van der Waals surface area contributed by atoms with Gasteiger partial charge in [0.2, 0.25) is 0 Å². The van der Waals surface area contributed by atoms with Gasteiger partial charge in [0.05, 0.1) is 16.6 Å². The van der Waals surface area contributed by atoms with E-state index in [0.29, 0.717) is 13.2 Å². The van der Waals surface area contributed by atoms with Crippen molar-refractivity contribution in [3.05, 3.63) is 39.9 Å². The van der Waals surface area contributed by atoms with Gasteiger partial charge in [-0.3, -0.25) is 14.9 Å². The molecule has 1 heterocycles. The number of carbonyl (C=O) groups excluding carboxylic acids is 2. The molecule has 1 aromatic carbocycles. The van der Waals surface area contributed by atoms with Gasteiger partial charge in [-0.05, 0) is 18.9 Å². The molecule has 1 N–H and O–H groups in total. The van der Waals surface area contributed by atoms with E-state index in [1.165, 1.54) is 18.2 Å². The Morgan fingerprint density at radius 2 is 2.27 bits per heavy atom. The van der Waals surface area contributed by atoms with Crippen LogP contribution in [-0.4, -0.2) is 42.7 Å². The molecule has 1 fully saturated rings. The van der Waals surface area contributed by atoms with Crippen LogP contribution >= 0.6 is 0 Å². The summed E-state index contributed by atoms with van der Waals surface area (Å²) >= 11 is 0. The molecule has 2 rings (SSSR count). The van der Waals surface area contributed by atoms with Crippen molar-refractivity contribution in [2.45, 2.75) is 18.9 Å². The smallest absolute Gasteiger partial charge is 0.338 e. The van der Waals surface area contributed by atoms with Crippen molar-refractivity contribution in [3.63, 3.8) is 0 Å². The molecular weight excluding hydrogens is 292 g/mol. The molecule has 1 aliphatic heterocycles. The highest BCUT2D eigenvalue weighted by molar-refractivity contribution is 5.91. The molecule has 0 aliphatic carbocycles. The first kappa shape index (κ1) is 15.9. The highest BCUT2D eigenvalue weighted by Gasteiger charge is 2.17. The number of nitrogens with one attached hydrogen (secondary N) is 1. The van der Waals surface area contributed by atoms with Crippen LogP contribution in [0.2, 0.25) is 0 Å². The van der Waals surface area contributed by atoms with Crippen LogP contribution in [0.4, 0.5) is 5.69 Å². The summed E-state index contributed by atoms with van der Waals surface area (Å²) in [5, 5.41) is 13.2. The van der Waals surface area contributed by atoms with E-state index in [1.54, 1.807) is 0 Å². The highest BCUT2D eigenvalue weighted by atomic mass is 16.6. The van der Waals surface area contributed by atoms with Gasteiger partial charge in [-0.15, -0.1) is 0 Å². The number of nitrogens with zero attached hydrogens (tertiary/aromatic N) is 1. The molecule has 1 aliphatic rings. The van der Waals surface area contributed by atoms with E-state index in [0.717, 1.165) is 18.9 Å². The molecule has 22 heavy (non-hydrogen) atoms. The van der Waals surface area contributed by atoms with E-state index in [4.69, 9.17) is 9.47 Å². The number of non-ortho nitro benzene ring substituents is 1. The summed E-state index contributed by atoms with van der Waals surface area (Å²) in [6.07, 6.45) is 1.88. The fourth-order valence-corrected chi connectivity index (χ4v) is 2.04. The number of hydrogen-bond acceptors (Lipinski definition) is 6. The monoisotopic (exact) mass is 308 g/mol. The highest BCUT2D eigenvalue weighted by Crippen LogP contribution is 2.14. The Kier molecular flexibility index (Phi) is 5.42. The van der Waals surface area contributed by atoms with Gasteiger partial charge < -0.3 is 14.8 Å². The fraction of sp³-hybridized carbons (Fsp3) is 0.429. The minimum Gasteiger partial charge on any atom is -0.452 e. The standard InChI is InChI=1S/C14H16N2O6/c17-13(15-8-12-5-2-6-21-12)9-22-14(18)10-3-1-4-11(7-10)16(19)20/h1,3-4,7,12H,2,5-6,8-9H2,(H,15,17)/t12-/m0/s1. The molecule has 1 aromatic rings. The largest absolute Gasteiger partial charge is 0.452 e. The molecule has 1 saturated heterocycles. The summed E-state index contributed by atoms with van der Waals surface area (Å²) in [5.74, 6) is -1.22. The second-order valence-corrected chi connectivity index (χ2v) is 4.82. The predicted octanol–water partition coefficient (Wildman–Crippen LogP) is 1.05. The number of carbonyl (C=O) groups is 2. The van der Waals surface area contributed by atoms with Crippen molar-refractivity contribution in [2.24, 2.45) is 0 Å². The Morgan fingerprint density at radius 3 is 2.95 bits per heavy atom. The van der Waals surface area contributed by atoms with E-state index >= 15 is 0 Å². The molecule has 8 heteroatoms. The Morgan fingerprint density at radius 1 is 1.45 bits per heavy atom. The van der Waals surface area contributed by atoms with E-state index in [1.807, 2.05) is 0 Å². The SMILES string of the molecule is O=C(COC(=O)c1cccc([N+](=O)[O-])c1)NC[C@@H]1CCCO1. The lowest BCUT2D eigenvalue weighted by Gasteiger charge is -2.10. The van der Waals surface area contributed by atoms with Crippen molar-refractivity contribution >= 4 is 17.6 Å². The Hall–Kier alpha value is -2.48. The fourth-order valence-electron chi connectivity index (χ4n) is 2.04. The molecule has 0 saturated carbocycles. The number of nitro groups is 1. The number of hydrogen-bond donors (Lipinski definition) is 1. The molecular formula is C14H16N2O6. The van der Waals surface area contributed by atoms with Gasteiger partial charge in [0, 0.05) is 25.3 Å². The summed E-state index contributed by atoms with van der Waals surface area (Å²) in [6, 6.07) is 5.14. The summed E-state index contributed by atoms with van der Waals surface area (Å²) in [5.41, 5.74) is -0.182. The Labute approximate surface area is 126 Å². The van der Waals surface area contributed by atoms with Crippen molar-refractivity contribution < 1.29 is 24.0 Å². The summed E-state index contributed by atoms with van der Waals surface area (Å²) in [6.45, 7) is 0.643. The van der Waals surface area contributed by atoms with Gasteiger partial charge in [-0.2, -0.15) is 0 Å². The summed E-state index contributed by atoms with van der Waals surface area (Å²) in [4.78, 5) is 33.3. The quantitative estimate of drug-likeness (QED) is 0.478. The first-order chi connectivity index (χ1) is 10.6. The maximum absolute atomic E-state index is 11.7. The van der Waals surface area contributed by atoms with Crippen LogP contribution in [0, 0.1) is 10.1 Å². The molecule has 1 amide bonds. The van der Waals surface area contributed by atoms with Gasteiger partial charge in [-0.1, -0.05) is 6.07 Å². The number of benzene rings is 1. The van der Waals surface area contributed by atoms with Crippen molar-refractivity contribution in [1.82, 2.24) is 5.32 Å². The van der Waals surface area contributed by atoms with Gasteiger partial charge in [0.15, 0.2) is 6.61 Å². The molecule has 0 aromatic heterocycles. The molecule has 8 nitrogen and oxygen atoms in total. The van der Waals surface area contributed by atoms with Crippen molar-refractivity contribution in [3.8, 4) is 0 Å². The minimum atomic E-state index is -0.782.